The maximum Gasteiger partial charge on any atom is 0.280 e. The van der Waals surface area contributed by atoms with Crippen LogP contribution in [0.3, 0.4) is 0 Å². The molecule has 0 unspecified atom stereocenters. The van der Waals surface area contributed by atoms with Crippen LogP contribution in [0.15, 0.2) is 35.7 Å². The van der Waals surface area contributed by atoms with Crippen LogP contribution < -0.4 is 0 Å². The second-order valence-corrected chi connectivity index (χ2v) is 6.41. The van der Waals surface area contributed by atoms with Crippen LogP contribution in [0.4, 0.5) is 4.39 Å². The maximum absolute atomic E-state index is 12.9. The van der Waals surface area contributed by atoms with Crippen molar-refractivity contribution < 1.29 is 12.8 Å². The summed E-state index contributed by atoms with van der Waals surface area (Å²) in [6, 6.07) is 4.43. The van der Waals surface area contributed by atoms with E-state index in [-0.39, 0.29) is 10.8 Å². The number of halogens is 2. The van der Waals surface area contributed by atoms with Gasteiger partial charge in [-0.2, -0.15) is 0 Å². The summed E-state index contributed by atoms with van der Waals surface area (Å²) in [6.07, 6.45) is 2.71. The third-order valence-corrected chi connectivity index (χ3v) is 3.70. The fraction of sp³-hybridized carbons (Fsp3) is 0.182. The Bertz CT molecular complexity index is 682. The van der Waals surface area contributed by atoms with Crippen LogP contribution in [-0.2, 0) is 15.6 Å². The molecule has 0 atom stereocenters. The highest BCUT2D eigenvalue weighted by Crippen LogP contribution is 2.15. The normalized spacial score (nSPS) is 11.7. The average molecular weight is 289 g/mol. The third-order valence-electron chi connectivity index (χ3n) is 2.52. The van der Waals surface area contributed by atoms with E-state index in [1.807, 2.05) is 0 Å². The molecule has 0 bridgehead atoms. The molecule has 0 aliphatic rings. The van der Waals surface area contributed by atoms with Gasteiger partial charge in [0.2, 0.25) is 0 Å². The Morgan fingerprint density at radius 2 is 2.17 bits per heavy atom. The molecule has 4 nitrogen and oxygen atoms in total. The zero-order valence-corrected chi connectivity index (χ0v) is 11.0. The molecule has 0 aliphatic heterocycles. The van der Waals surface area contributed by atoms with E-state index < -0.39 is 9.05 Å². The van der Waals surface area contributed by atoms with E-state index in [0.29, 0.717) is 6.54 Å². The first kappa shape index (κ1) is 13.0. The molecule has 2 aromatic rings. The minimum atomic E-state index is -3.81. The molecule has 0 amide bonds. The first-order chi connectivity index (χ1) is 8.36. The van der Waals surface area contributed by atoms with E-state index in [1.54, 1.807) is 17.6 Å². The Morgan fingerprint density at radius 1 is 1.44 bits per heavy atom. The molecule has 1 heterocycles. The number of benzene rings is 1. The summed E-state index contributed by atoms with van der Waals surface area (Å²) < 4.78 is 36.6. The first-order valence-corrected chi connectivity index (χ1v) is 7.38. The number of imidazole rings is 1. The minimum absolute atomic E-state index is 0.191. The molecule has 0 radical (unpaired) electrons. The predicted molar refractivity (Wildman–Crippen MR) is 65.5 cm³/mol. The highest BCUT2D eigenvalue weighted by atomic mass is 35.7. The van der Waals surface area contributed by atoms with Crippen molar-refractivity contribution in [2.75, 3.05) is 0 Å². The molecule has 0 aliphatic carbocycles. The Balaban J connectivity index is 2.27. The number of hydrogen-bond acceptors (Lipinski definition) is 3. The van der Waals surface area contributed by atoms with Gasteiger partial charge in [-0.1, -0.05) is 6.07 Å². The van der Waals surface area contributed by atoms with Crippen molar-refractivity contribution in [1.82, 2.24) is 9.55 Å². The summed E-state index contributed by atoms with van der Waals surface area (Å²) >= 11 is 0. The largest absolute Gasteiger partial charge is 0.332 e. The van der Waals surface area contributed by atoms with Crippen LogP contribution in [0.5, 0.6) is 0 Å². The lowest BCUT2D eigenvalue weighted by molar-refractivity contribution is 0.606. The van der Waals surface area contributed by atoms with Crippen molar-refractivity contribution in [3.05, 3.63) is 47.7 Å². The van der Waals surface area contributed by atoms with Crippen LogP contribution in [-0.4, -0.2) is 18.0 Å². The molecule has 96 valence electrons. The number of aryl methyl sites for hydroxylation is 1. The van der Waals surface area contributed by atoms with Crippen molar-refractivity contribution in [3.63, 3.8) is 0 Å². The maximum atomic E-state index is 12.9. The molecular weight excluding hydrogens is 279 g/mol. The summed E-state index contributed by atoms with van der Waals surface area (Å²) in [5, 5.41) is -0.191. The van der Waals surface area contributed by atoms with Gasteiger partial charge in [0, 0.05) is 23.4 Å². The number of hydrogen-bond donors (Lipinski definition) is 0. The second-order valence-electron chi connectivity index (χ2n) is 3.89. The summed E-state index contributed by atoms with van der Waals surface area (Å²) in [5.74, 6) is -0.300. The van der Waals surface area contributed by atoms with Gasteiger partial charge in [0.15, 0.2) is 5.03 Å². The molecule has 2 rings (SSSR count). The fourth-order valence-electron chi connectivity index (χ4n) is 1.59. The van der Waals surface area contributed by atoms with E-state index in [1.165, 1.54) is 24.7 Å². The lowest BCUT2D eigenvalue weighted by atomic mass is 10.1. The quantitative estimate of drug-likeness (QED) is 0.815. The topological polar surface area (TPSA) is 52.0 Å². The van der Waals surface area contributed by atoms with Gasteiger partial charge in [0.1, 0.15) is 5.82 Å². The van der Waals surface area contributed by atoms with Crippen LogP contribution in [0, 0.1) is 12.7 Å². The van der Waals surface area contributed by atoms with Gasteiger partial charge >= 0.3 is 0 Å². The molecule has 7 heteroatoms. The lowest BCUT2D eigenvalue weighted by Gasteiger charge is -2.06. The molecule has 1 aromatic carbocycles. The van der Waals surface area contributed by atoms with E-state index in [4.69, 9.17) is 10.7 Å². The van der Waals surface area contributed by atoms with Crippen LogP contribution in [0.1, 0.15) is 11.1 Å². The molecular formula is C11H10ClFN2O2S. The van der Waals surface area contributed by atoms with Gasteiger partial charge in [-0.3, -0.25) is 0 Å². The molecule has 0 N–H and O–H groups in total. The number of rotatable bonds is 3. The van der Waals surface area contributed by atoms with Gasteiger partial charge in [0.25, 0.3) is 9.05 Å². The van der Waals surface area contributed by atoms with Crippen LogP contribution in [0.2, 0.25) is 0 Å². The van der Waals surface area contributed by atoms with Crippen molar-refractivity contribution in [1.29, 1.82) is 0 Å². The zero-order valence-electron chi connectivity index (χ0n) is 9.47. The lowest BCUT2D eigenvalue weighted by Crippen LogP contribution is -1.99. The van der Waals surface area contributed by atoms with Gasteiger partial charge in [-0.05, 0) is 30.2 Å². The molecule has 1 aromatic heterocycles. The summed E-state index contributed by atoms with van der Waals surface area (Å²) in [4.78, 5) is 3.70. The van der Waals surface area contributed by atoms with Gasteiger partial charge in [-0.25, -0.2) is 17.8 Å². The fourth-order valence-corrected chi connectivity index (χ4v) is 2.26. The van der Waals surface area contributed by atoms with E-state index >= 15 is 0 Å². The van der Waals surface area contributed by atoms with E-state index in [2.05, 4.69) is 4.98 Å². The molecule has 0 saturated carbocycles. The van der Waals surface area contributed by atoms with Gasteiger partial charge in [-0.15, -0.1) is 0 Å². The van der Waals surface area contributed by atoms with Crippen molar-refractivity contribution >= 4 is 19.7 Å². The highest BCUT2D eigenvalue weighted by molar-refractivity contribution is 8.13. The summed E-state index contributed by atoms with van der Waals surface area (Å²) in [5.41, 5.74) is 1.67. The van der Waals surface area contributed by atoms with Crippen LogP contribution in [0.25, 0.3) is 0 Å². The monoisotopic (exact) mass is 288 g/mol. The number of aromatic nitrogens is 2. The molecule has 0 saturated heterocycles. The zero-order chi connectivity index (χ0) is 13.3. The Labute approximate surface area is 108 Å². The molecule has 0 fully saturated rings. The van der Waals surface area contributed by atoms with Crippen molar-refractivity contribution in [2.45, 2.75) is 18.5 Å². The summed E-state index contributed by atoms with van der Waals surface area (Å²) in [6.45, 7) is 2.19. The van der Waals surface area contributed by atoms with Gasteiger partial charge in [0.05, 0.1) is 6.33 Å². The SMILES string of the molecule is Cc1cc(F)ccc1Cn1cnc(S(=O)(=O)Cl)c1. The Morgan fingerprint density at radius 3 is 2.72 bits per heavy atom. The average Bonchev–Trinajstić information content (AvgIpc) is 2.70. The van der Waals surface area contributed by atoms with Gasteiger partial charge < -0.3 is 4.57 Å². The standard InChI is InChI=1S/C11H10ClFN2O2S/c1-8-4-10(13)3-2-9(8)5-15-6-11(14-7-15)18(12,16)17/h2-4,6-7H,5H2,1H3. The Hall–Kier alpha value is -1.40. The highest BCUT2D eigenvalue weighted by Gasteiger charge is 2.13. The first-order valence-electron chi connectivity index (χ1n) is 5.08. The van der Waals surface area contributed by atoms with E-state index in [0.717, 1.165) is 11.1 Å². The van der Waals surface area contributed by atoms with Crippen molar-refractivity contribution in [3.8, 4) is 0 Å². The smallest absolute Gasteiger partial charge is 0.280 e. The van der Waals surface area contributed by atoms with Crippen LogP contribution >= 0.6 is 10.7 Å². The number of nitrogens with zero attached hydrogens (tertiary/aromatic N) is 2. The summed E-state index contributed by atoms with van der Waals surface area (Å²) in [7, 11) is 1.36. The third kappa shape index (κ3) is 2.88. The second kappa shape index (κ2) is 4.70. The molecule has 0 spiro atoms. The van der Waals surface area contributed by atoms with E-state index in [9.17, 15) is 12.8 Å². The predicted octanol–water partition coefficient (Wildman–Crippen LogP) is 2.31. The van der Waals surface area contributed by atoms with Crippen molar-refractivity contribution in [2.24, 2.45) is 0 Å². The minimum Gasteiger partial charge on any atom is -0.332 e. The Kier molecular flexibility index (Phi) is 3.41. The molecule has 18 heavy (non-hydrogen) atoms.